The summed E-state index contributed by atoms with van der Waals surface area (Å²) in [6.07, 6.45) is 12.7. The Morgan fingerprint density at radius 2 is 1.67 bits per heavy atom. The minimum absolute atomic E-state index is 0.380. The van der Waals surface area contributed by atoms with E-state index >= 15 is 0 Å². The Labute approximate surface area is 170 Å². The van der Waals surface area contributed by atoms with Crippen LogP contribution in [0.4, 0.5) is 5.69 Å². The third-order valence-corrected chi connectivity index (χ3v) is 7.65. The van der Waals surface area contributed by atoms with Gasteiger partial charge in [0.25, 0.3) is 0 Å². The molecule has 1 aromatic rings. The number of halogens is 3. The quantitative estimate of drug-likeness (QED) is 0.315. The van der Waals surface area contributed by atoms with Crippen molar-refractivity contribution in [3.8, 4) is 0 Å². The van der Waals surface area contributed by atoms with E-state index in [0.717, 1.165) is 10.9 Å². The molecule has 0 saturated heterocycles. The molecule has 2 aliphatic rings. The molecule has 0 bridgehead atoms. The van der Waals surface area contributed by atoms with E-state index in [4.69, 9.17) is 0 Å². The first-order chi connectivity index (χ1) is 11.5. The van der Waals surface area contributed by atoms with Crippen LogP contribution in [0.25, 0.3) is 0 Å². The van der Waals surface area contributed by atoms with Gasteiger partial charge in [0, 0.05) is 25.5 Å². The van der Waals surface area contributed by atoms with Crippen LogP contribution in [0.5, 0.6) is 0 Å². The SMILES string of the molecule is CC1C=C(N(c2ccc(Br)cc2)C2C=CC(Br)C(C)C2)C=CC1Br. The van der Waals surface area contributed by atoms with E-state index in [9.17, 15) is 0 Å². The van der Waals surface area contributed by atoms with E-state index < -0.39 is 0 Å². The van der Waals surface area contributed by atoms with Gasteiger partial charge in [0.15, 0.2) is 0 Å². The van der Waals surface area contributed by atoms with Gasteiger partial charge >= 0.3 is 0 Å². The third kappa shape index (κ3) is 4.08. The summed E-state index contributed by atoms with van der Waals surface area (Å²) in [6, 6.07) is 9.01. The Kier molecular flexibility index (Phi) is 6.10. The fourth-order valence-electron chi connectivity index (χ4n) is 3.28. The number of nitrogens with zero attached hydrogens (tertiary/aromatic N) is 1. The van der Waals surface area contributed by atoms with Crippen LogP contribution in [0.2, 0.25) is 0 Å². The van der Waals surface area contributed by atoms with Crippen molar-refractivity contribution in [1.82, 2.24) is 0 Å². The van der Waals surface area contributed by atoms with Crippen LogP contribution in [-0.2, 0) is 0 Å². The Hall–Kier alpha value is -0.320. The summed E-state index contributed by atoms with van der Waals surface area (Å²) >= 11 is 11.0. The van der Waals surface area contributed by atoms with E-state index in [1.165, 1.54) is 11.4 Å². The molecule has 0 aliphatic heterocycles. The minimum atomic E-state index is 0.380. The average Bonchev–Trinajstić information content (AvgIpc) is 2.56. The maximum Gasteiger partial charge on any atom is 0.0525 e. The molecule has 1 aromatic carbocycles. The van der Waals surface area contributed by atoms with Gasteiger partial charge in [-0.15, -0.1) is 0 Å². The van der Waals surface area contributed by atoms with E-state index in [2.05, 4.69) is 121 Å². The van der Waals surface area contributed by atoms with Gasteiger partial charge in [-0.2, -0.15) is 0 Å². The molecule has 5 unspecified atom stereocenters. The number of anilines is 1. The summed E-state index contributed by atoms with van der Waals surface area (Å²) in [4.78, 5) is 3.37. The average molecular weight is 516 g/mol. The molecular formula is C20H22Br3N. The predicted molar refractivity (Wildman–Crippen MR) is 115 cm³/mol. The first-order valence-corrected chi connectivity index (χ1v) is 11.0. The second-order valence-corrected chi connectivity index (χ2v) is 9.74. The molecule has 0 amide bonds. The third-order valence-electron chi connectivity index (χ3n) is 4.78. The lowest BCUT2D eigenvalue weighted by molar-refractivity contribution is 0.490. The number of alkyl halides is 2. The Morgan fingerprint density at radius 1 is 0.958 bits per heavy atom. The van der Waals surface area contributed by atoms with Crippen LogP contribution < -0.4 is 4.90 Å². The molecule has 4 heteroatoms. The normalized spacial score (nSPS) is 32.5. The van der Waals surface area contributed by atoms with E-state index in [1.807, 2.05) is 0 Å². The maximum absolute atomic E-state index is 3.76. The molecule has 24 heavy (non-hydrogen) atoms. The molecule has 0 aromatic heterocycles. The fourth-order valence-corrected chi connectivity index (χ4v) is 4.24. The largest absolute Gasteiger partial charge is 0.335 e. The lowest BCUT2D eigenvalue weighted by Gasteiger charge is -2.38. The Balaban J connectivity index is 1.99. The van der Waals surface area contributed by atoms with Crippen molar-refractivity contribution in [3.05, 3.63) is 64.8 Å². The van der Waals surface area contributed by atoms with Crippen molar-refractivity contribution < 1.29 is 0 Å². The van der Waals surface area contributed by atoms with Crippen molar-refractivity contribution >= 4 is 53.5 Å². The van der Waals surface area contributed by atoms with E-state index in [0.29, 0.717) is 27.5 Å². The number of hydrogen-bond acceptors (Lipinski definition) is 1. The number of hydrogen-bond donors (Lipinski definition) is 0. The van der Waals surface area contributed by atoms with Gasteiger partial charge in [-0.1, -0.05) is 85.9 Å². The van der Waals surface area contributed by atoms with Crippen molar-refractivity contribution in [2.45, 2.75) is 36.0 Å². The topological polar surface area (TPSA) is 3.24 Å². The molecule has 0 spiro atoms. The summed E-state index contributed by atoms with van der Waals surface area (Å²) in [6.45, 7) is 4.58. The van der Waals surface area contributed by atoms with Gasteiger partial charge < -0.3 is 4.90 Å². The summed E-state index contributed by atoms with van der Waals surface area (Å²) in [5.41, 5.74) is 2.53. The van der Waals surface area contributed by atoms with Crippen molar-refractivity contribution in [1.29, 1.82) is 0 Å². The summed E-state index contributed by atoms with van der Waals surface area (Å²) in [5.74, 6) is 1.10. The Morgan fingerprint density at radius 3 is 2.29 bits per heavy atom. The highest BCUT2D eigenvalue weighted by Crippen LogP contribution is 2.35. The molecule has 2 aliphatic carbocycles. The van der Waals surface area contributed by atoms with Gasteiger partial charge in [-0.05, 0) is 48.6 Å². The molecule has 0 radical (unpaired) electrons. The second-order valence-electron chi connectivity index (χ2n) is 6.71. The Bertz CT molecular complexity index is 662. The highest BCUT2D eigenvalue weighted by atomic mass is 79.9. The first kappa shape index (κ1) is 18.5. The van der Waals surface area contributed by atoms with Crippen LogP contribution in [0.3, 0.4) is 0 Å². The minimum Gasteiger partial charge on any atom is -0.335 e. The lowest BCUT2D eigenvalue weighted by Crippen LogP contribution is -2.38. The predicted octanol–water partition coefficient (Wildman–Crippen LogP) is 6.84. The summed E-state index contributed by atoms with van der Waals surface area (Å²) < 4.78 is 1.11. The zero-order chi connectivity index (χ0) is 17.3. The number of allylic oxidation sites excluding steroid dienone is 4. The molecule has 0 heterocycles. The van der Waals surface area contributed by atoms with Crippen molar-refractivity contribution in [3.63, 3.8) is 0 Å². The molecule has 0 fully saturated rings. The molecular weight excluding hydrogens is 494 g/mol. The smallest absolute Gasteiger partial charge is 0.0525 e. The van der Waals surface area contributed by atoms with Crippen molar-refractivity contribution in [2.24, 2.45) is 11.8 Å². The number of benzene rings is 1. The maximum atomic E-state index is 3.76. The second kappa shape index (κ2) is 7.92. The fraction of sp³-hybridized carbons (Fsp3) is 0.400. The molecule has 0 N–H and O–H groups in total. The van der Waals surface area contributed by atoms with Gasteiger partial charge in [-0.3, -0.25) is 0 Å². The van der Waals surface area contributed by atoms with Gasteiger partial charge in [0.2, 0.25) is 0 Å². The monoisotopic (exact) mass is 513 g/mol. The van der Waals surface area contributed by atoms with Crippen LogP contribution in [0.15, 0.2) is 64.8 Å². The summed E-state index contributed by atoms with van der Waals surface area (Å²) in [5, 5.41) is 0. The molecule has 1 nitrogen and oxygen atoms in total. The lowest BCUT2D eigenvalue weighted by atomic mass is 9.90. The van der Waals surface area contributed by atoms with Crippen LogP contribution in [0.1, 0.15) is 20.3 Å². The molecule has 3 rings (SSSR count). The van der Waals surface area contributed by atoms with E-state index in [1.54, 1.807) is 0 Å². The molecule has 128 valence electrons. The van der Waals surface area contributed by atoms with Crippen LogP contribution in [-0.4, -0.2) is 15.7 Å². The zero-order valence-corrected chi connectivity index (χ0v) is 18.6. The van der Waals surface area contributed by atoms with Gasteiger partial charge in [0.1, 0.15) is 0 Å². The van der Waals surface area contributed by atoms with Gasteiger partial charge in [0.05, 0.1) is 6.04 Å². The van der Waals surface area contributed by atoms with Crippen LogP contribution in [0, 0.1) is 11.8 Å². The van der Waals surface area contributed by atoms with Gasteiger partial charge in [-0.25, -0.2) is 0 Å². The highest BCUT2D eigenvalue weighted by molar-refractivity contribution is 9.10. The molecule has 5 atom stereocenters. The van der Waals surface area contributed by atoms with E-state index in [-0.39, 0.29) is 0 Å². The zero-order valence-electron chi connectivity index (χ0n) is 13.9. The first-order valence-electron chi connectivity index (χ1n) is 8.37. The highest BCUT2D eigenvalue weighted by Gasteiger charge is 2.28. The van der Waals surface area contributed by atoms with Crippen molar-refractivity contribution in [2.75, 3.05) is 4.90 Å². The summed E-state index contributed by atoms with van der Waals surface area (Å²) in [7, 11) is 0. The standard InChI is InChI=1S/C20H22Br3N/c1-13-11-17(7-9-19(13)22)24(16-5-3-15(21)4-6-16)18-8-10-20(23)14(2)12-18/h3-11,13-14,18-20H,12H2,1-2H3. The van der Waals surface area contributed by atoms with Crippen LogP contribution >= 0.6 is 47.8 Å². The molecule has 0 saturated carbocycles. The number of rotatable bonds is 3.